The molecule has 0 aromatic heterocycles. The van der Waals surface area contributed by atoms with E-state index in [0.717, 1.165) is 12.1 Å². The van der Waals surface area contributed by atoms with Gasteiger partial charge in [-0.25, -0.2) is 0 Å². The first kappa shape index (κ1) is 19.2. The molecule has 0 aliphatic carbocycles. The van der Waals surface area contributed by atoms with Crippen molar-refractivity contribution in [2.24, 2.45) is 0 Å². The topological polar surface area (TPSA) is 66.8 Å². The van der Waals surface area contributed by atoms with E-state index in [1.807, 2.05) is 0 Å². The highest BCUT2D eigenvalue weighted by molar-refractivity contribution is 5.87. The number of benzene rings is 1. The van der Waals surface area contributed by atoms with Crippen LogP contribution in [0.1, 0.15) is 31.4 Å². The van der Waals surface area contributed by atoms with E-state index in [1.165, 1.54) is 17.0 Å². The molecule has 1 aromatic carbocycles. The maximum atomic E-state index is 12.9. The molecule has 1 amide bonds. The van der Waals surface area contributed by atoms with Gasteiger partial charge in [0.15, 0.2) is 0 Å². The van der Waals surface area contributed by atoms with E-state index in [4.69, 9.17) is 9.84 Å². The van der Waals surface area contributed by atoms with Gasteiger partial charge in [0.25, 0.3) is 0 Å². The Kier molecular flexibility index (Phi) is 5.41. The fourth-order valence-electron chi connectivity index (χ4n) is 2.83. The number of carbonyl (C=O) groups is 2. The zero-order chi connectivity index (χ0) is 18.8. The Hall–Kier alpha value is -2.09. The Morgan fingerprint density at radius 1 is 1.28 bits per heavy atom. The minimum Gasteiger partial charge on any atom is -0.481 e. The van der Waals surface area contributed by atoms with E-state index in [0.29, 0.717) is 0 Å². The van der Waals surface area contributed by atoms with Gasteiger partial charge >= 0.3 is 12.1 Å². The molecule has 1 N–H and O–H groups in total. The van der Waals surface area contributed by atoms with Gasteiger partial charge in [-0.3, -0.25) is 9.59 Å². The second kappa shape index (κ2) is 7.03. The van der Waals surface area contributed by atoms with Crippen molar-refractivity contribution in [2.75, 3.05) is 19.7 Å². The third-order valence-electron chi connectivity index (χ3n) is 4.27. The highest BCUT2D eigenvalue weighted by atomic mass is 19.4. The van der Waals surface area contributed by atoms with E-state index in [-0.39, 0.29) is 37.6 Å². The van der Waals surface area contributed by atoms with Crippen molar-refractivity contribution in [3.8, 4) is 0 Å². The summed E-state index contributed by atoms with van der Waals surface area (Å²) in [5.41, 5.74) is -1.72. The molecule has 1 fully saturated rings. The summed E-state index contributed by atoms with van der Waals surface area (Å²) in [5.74, 6) is -1.39. The zero-order valence-corrected chi connectivity index (χ0v) is 14.0. The summed E-state index contributed by atoms with van der Waals surface area (Å²) < 4.78 is 44.1. The van der Waals surface area contributed by atoms with Gasteiger partial charge in [-0.15, -0.1) is 0 Å². The number of ether oxygens (including phenoxy) is 1. The number of nitrogens with zero attached hydrogens (tertiary/aromatic N) is 1. The fraction of sp³-hybridized carbons (Fsp3) is 0.529. The van der Waals surface area contributed by atoms with Gasteiger partial charge in [-0.05, 0) is 25.5 Å². The summed E-state index contributed by atoms with van der Waals surface area (Å²) in [5, 5.41) is 8.85. The summed E-state index contributed by atoms with van der Waals surface area (Å²) in [6.07, 6.45) is -5.33. The van der Waals surface area contributed by atoms with Gasteiger partial charge in [0.2, 0.25) is 5.91 Å². The van der Waals surface area contributed by atoms with Gasteiger partial charge in [0, 0.05) is 13.1 Å². The first-order valence-electron chi connectivity index (χ1n) is 7.82. The Morgan fingerprint density at radius 3 is 2.52 bits per heavy atom. The molecule has 138 valence electrons. The van der Waals surface area contributed by atoms with Crippen molar-refractivity contribution in [2.45, 2.75) is 38.0 Å². The highest BCUT2D eigenvalue weighted by Crippen LogP contribution is 2.33. The smallest absolute Gasteiger partial charge is 0.416 e. The molecule has 1 saturated heterocycles. The van der Waals surface area contributed by atoms with Crippen molar-refractivity contribution >= 4 is 11.9 Å². The SMILES string of the molecule is CC(C)(C(=O)N1CCO[C@@H](CC(=O)O)C1)c1cccc(C(F)(F)F)c1. The maximum Gasteiger partial charge on any atom is 0.416 e. The summed E-state index contributed by atoms with van der Waals surface area (Å²) in [7, 11) is 0. The quantitative estimate of drug-likeness (QED) is 0.898. The summed E-state index contributed by atoms with van der Waals surface area (Å²) in [6.45, 7) is 3.70. The van der Waals surface area contributed by atoms with E-state index >= 15 is 0 Å². The molecule has 1 atom stereocenters. The number of hydrogen-bond acceptors (Lipinski definition) is 3. The predicted molar refractivity (Wildman–Crippen MR) is 83.0 cm³/mol. The van der Waals surface area contributed by atoms with Crippen molar-refractivity contribution < 1.29 is 32.6 Å². The lowest BCUT2D eigenvalue weighted by Crippen LogP contribution is -2.51. The van der Waals surface area contributed by atoms with Crippen LogP contribution in [0.5, 0.6) is 0 Å². The summed E-state index contributed by atoms with van der Waals surface area (Å²) >= 11 is 0. The lowest BCUT2D eigenvalue weighted by atomic mass is 9.82. The molecule has 1 aliphatic heterocycles. The molecule has 5 nitrogen and oxygen atoms in total. The van der Waals surface area contributed by atoms with Crippen LogP contribution in [-0.2, 0) is 25.9 Å². The van der Waals surface area contributed by atoms with E-state index < -0.39 is 29.2 Å². The van der Waals surface area contributed by atoms with Gasteiger partial charge < -0.3 is 14.7 Å². The standard InChI is InChI=1S/C17H20F3NO4/c1-16(2,11-4-3-5-12(8-11)17(18,19)20)15(24)21-6-7-25-13(10-21)9-14(22)23/h3-5,8,13H,6-7,9-10H2,1-2H3,(H,22,23)/t13-/m0/s1. The molecular weight excluding hydrogens is 339 g/mol. The second-order valence-corrected chi connectivity index (χ2v) is 6.55. The number of halogens is 3. The van der Waals surface area contributed by atoms with Gasteiger partial charge in [0.1, 0.15) is 0 Å². The van der Waals surface area contributed by atoms with E-state index in [9.17, 15) is 22.8 Å². The first-order valence-corrected chi connectivity index (χ1v) is 7.82. The number of rotatable bonds is 4. The van der Waals surface area contributed by atoms with E-state index in [2.05, 4.69) is 0 Å². The molecule has 1 aliphatic rings. The van der Waals surface area contributed by atoms with Gasteiger partial charge in [-0.2, -0.15) is 13.2 Å². The number of amides is 1. The van der Waals surface area contributed by atoms with Crippen LogP contribution in [0, 0.1) is 0 Å². The molecule has 1 aromatic rings. The van der Waals surface area contributed by atoms with Crippen LogP contribution in [0.2, 0.25) is 0 Å². The Morgan fingerprint density at radius 2 is 1.92 bits per heavy atom. The molecule has 0 saturated carbocycles. The molecule has 0 radical (unpaired) electrons. The lowest BCUT2D eigenvalue weighted by Gasteiger charge is -2.37. The van der Waals surface area contributed by atoms with Crippen molar-refractivity contribution in [3.63, 3.8) is 0 Å². The van der Waals surface area contributed by atoms with Crippen molar-refractivity contribution in [1.82, 2.24) is 4.90 Å². The van der Waals surface area contributed by atoms with Crippen LogP contribution in [-0.4, -0.2) is 47.7 Å². The molecule has 0 unspecified atom stereocenters. The molecule has 8 heteroatoms. The van der Waals surface area contributed by atoms with Crippen LogP contribution in [0.3, 0.4) is 0 Å². The zero-order valence-electron chi connectivity index (χ0n) is 14.0. The van der Waals surface area contributed by atoms with Gasteiger partial charge in [-0.1, -0.05) is 18.2 Å². The Bertz CT molecular complexity index is 658. The second-order valence-electron chi connectivity index (χ2n) is 6.55. The number of carboxylic acids is 1. The number of aliphatic carboxylic acids is 1. The minimum absolute atomic E-state index is 0.105. The Labute approximate surface area is 143 Å². The van der Waals surface area contributed by atoms with Crippen LogP contribution >= 0.6 is 0 Å². The van der Waals surface area contributed by atoms with Crippen molar-refractivity contribution in [1.29, 1.82) is 0 Å². The largest absolute Gasteiger partial charge is 0.481 e. The normalized spacial score (nSPS) is 18.9. The summed E-state index contributed by atoms with van der Waals surface area (Å²) in [4.78, 5) is 25.1. The third-order valence-corrected chi connectivity index (χ3v) is 4.27. The monoisotopic (exact) mass is 359 g/mol. The predicted octanol–water partition coefficient (Wildman–Crippen LogP) is 2.69. The molecule has 0 bridgehead atoms. The van der Waals surface area contributed by atoms with E-state index in [1.54, 1.807) is 13.8 Å². The molecule has 0 spiro atoms. The molecule has 1 heterocycles. The minimum atomic E-state index is -4.49. The number of carboxylic acid groups (broad SMARTS) is 1. The van der Waals surface area contributed by atoms with Crippen LogP contribution in [0.25, 0.3) is 0 Å². The van der Waals surface area contributed by atoms with Crippen LogP contribution < -0.4 is 0 Å². The fourth-order valence-corrected chi connectivity index (χ4v) is 2.83. The third kappa shape index (κ3) is 4.50. The number of morpholine rings is 1. The van der Waals surface area contributed by atoms with Gasteiger partial charge in [0.05, 0.1) is 30.1 Å². The number of carbonyl (C=O) groups excluding carboxylic acids is 1. The molecule has 25 heavy (non-hydrogen) atoms. The average Bonchev–Trinajstić information content (AvgIpc) is 2.53. The van der Waals surface area contributed by atoms with Crippen LogP contribution in [0.4, 0.5) is 13.2 Å². The molecule has 2 rings (SSSR count). The first-order chi connectivity index (χ1) is 11.5. The number of hydrogen-bond donors (Lipinski definition) is 1. The molecular formula is C17H20F3NO4. The average molecular weight is 359 g/mol. The number of alkyl halides is 3. The summed E-state index contributed by atoms with van der Waals surface area (Å²) in [6, 6.07) is 4.71. The Balaban J connectivity index is 2.21. The maximum absolute atomic E-state index is 12.9. The van der Waals surface area contributed by atoms with Crippen molar-refractivity contribution in [3.05, 3.63) is 35.4 Å². The van der Waals surface area contributed by atoms with Crippen LogP contribution in [0.15, 0.2) is 24.3 Å². The lowest BCUT2D eigenvalue weighted by molar-refractivity contribution is -0.150. The highest BCUT2D eigenvalue weighted by Gasteiger charge is 2.38.